The highest BCUT2D eigenvalue weighted by Gasteiger charge is 2.28. The number of urea groups is 1. The number of carbonyl (C=O) groups is 1. The molecule has 120 valence electrons. The van der Waals surface area contributed by atoms with Crippen molar-refractivity contribution in [1.29, 1.82) is 0 Å². The predicted octanol–water partition coefficient (Wildman–Crippen LogP) is 1.60. The molecule has 0 bridgehead atoms. The third-order valence-corrected chi connectivity index (χ3v) is 5.93. The molecule has 7 heteroatoms. The SMILES string of the molecule is O=C(Nc1ccc(N2CCCC2)cc1)NC1CCS(=O)(=O)C1. The van der Waals surface area contributed by atoms with E-state index in [1.807, 2.05) is 24.3 Å². The zero-order valence-electron chi connectivity index (χ0n) is 12.4. The number of amides is 2. The monoisotopic (exact) mass is 323 g/mol. The molecule has 0 aliphatic carbocycles. The van der Waals surface area contributed by atoms with E-state index in [1.54, 1.807) is 0 Å². The van der Waals surface area contributed by atoms with Crippen molar-refractivity contribution < 1.29 is 13.2 Å². The van der Waals surface area contributed by atoms with E-state index >= 15 is 0 Å². The molecule has 2 amide bonds. The maximum Gasteiger partial charge on any atom is 0.319 e. The largest absolute Gasteiger partial charge is 0.372 e. The Kier molecular flexibility index (Phi) is 4.24. The lowest BCUT2D eigenvalue weighted by atomic mass is 10.2. The fourth-order valence-electron chi connectivity index (χ4n) is 2.99. The van der Waals surface area contributed by atoms with Crippen LogP contribution in [0.3, 0.4) is 0 Å². The van der Waals surface area contributed by atoms with Crippen molar-refractivity contribution in [2.45, 2.75) is 25.3 Å². The molecule has 0 radical (unpaired) electrons. The van der Waals surface area contributed by atoms with Crippen molar-refractivity contribution in [1.82, 2.24) is 5.32 Å². The molecule has 1 aromatic rings. The summed E-state index contributed by atoms with van der Waals surface area (Å²) < 4.78 is 22.7. The van der Waals surface area contributed by atoms with Gasteiger partial charge in [-0.05, 0) is 43.5 Å². The summed E-state index contributed by atoms with van der Waals surface area (Å²) >= 11 is 0. The molecule has 22 heavy (non-hydrogen) atoms. The van der Waals surface area contributed by atoms with Gasteiger partial charge in [0.1, 0.15) is 0 Å². The third kappa shape index (κ3) is 3.71. The van der Waals surface area contributed by atoms with E-state index in [1.165, 1.54) is 18.5 Å². The van der Waals surface area contributed by atoms with Gasteiger partial charge in [0.2, 0.25) is 0 Å². The van der Waals surface area contributed by atoms with Crippen LogP contribution in [0.2, 0.25) is 0 Å². The topological polar surface area (TPSA) is 78.5 Å². The van der Waals surface area contributed by atoms with Gasteiger partial charge in [-0.25, -0.2) is 13.2 Å². The van der Waals surface area contributed by atoms with Gasteiger partial charge in [0, 0.05) is 30.5 Å². The fraction of sp³-hybridized carbons (Fsp3) is 0.533. The number of nitrogens with one attached hydrogen (secondary N) is 2. The van der Waals surface area contributed by atoms with Crippen molar-refractivity contribution >= 4 is 27.2 Å². The first-order valence-electron chi connectivity index (χ1n) is 7.65. The summed E-state index contributed by atoms with van der Waals surface area (Å²) in [6.07, 6.45) is 2.95. The first-order valence-corrected chi connectivity index (χ1v) is 9.47. The minimum absolute atomic E-state index is 0.0360. The van der Waals surface area contributed by atoms with E-state index in [-0.39, 0.29) is 23.6 Å². The highest BCUT2D eigenvalue weighted by atomic mass is 32.2. The van der Waals surface area contributed by atoms with Gasteiger partial charge in [0.25, 0.3) is 0 Å². The van der Waals surface area contributed by atoms with Crippen LogP contribution in [0.5, 0.6) is 0 Å². The lowest BCUT2D eigenvalue weighted by molar-refractivity contribution is 0.249. The first kappa shape index (κ1) is 15.1. The molecule has 2 N–H and O–H groups in total. The van der Waals surface area contributed by atoms with Gasteiger partial charge in [0.15, 0.2) is 9.84 Å². The van der Waals surface area contributed by atoms with Gasteiger partial charge in [-0.3, -0.25) is 0 Å². The second-order valence-electron chi connectivity index (χ2n) is 5.94. The molecule has 0 saturated carbocycles. The summed E-state index contributed by atoms with van der Waals surface area (Å²) in [6.45, 7) is 2.17. The van der Waals surface area contributed by atoms with Crippen molar-refractivity contribution in [3.05, 3.63) is 24.3 Å². The molecule has 6 nitrogen and oxygen atoms in total. The smallest absolute Gasteiger partial charge is 0.319 e. The van der Waals surface area contributed by atoms with Gasteiger partial charge in [-0.2, -0.15) is 0 Å². The van der Waals surface area contributed by atoms with Gasteiger partial charge in [-0.1, -0.05) is 0 Å². The molecule has 2 heterocycles. The maximum absolute atomic E-state index is 11.9. The number of nitrogens with zero attached hydrogens (tertiary/aromatic N) is 1. The van der Waals surface area contributed by atoms with Crippen LogP contribution in [-0.2, 0) is 9.84 Å². The highest BCUT2D eigenvalue weighted by Crippen LogP contribution is 2.22. The van der Waals surface area contributed by atoms with Gasteiger partial charge in [-0.15, -0.1) is 0 Å². The van der Waals surface area contributed by atoms with E-state index in [4.69, 9.17) is 0 Å². The molecule has 1 unspecified atom stereocenters. The molecule has 2 aliphatic heterocycles. The van der Waals surface area contributed by atoms with Crippen LogP contribution in [0.4, 0.5) is 16.2 Å². The summed E-state index contributed by atoms with van der Waals surface area (Å²) in [5.41, 5.74) is 1.88. The van der Waals surface area contributed by atoms with E-state index in [2.05, 4.69) is 15.5 Å². The highest BCUT2D eigenvalue weighted by molar-refractivity contribution is 7.91. The molecule has 1 atom stereocenters. The van der Waals surface area contributed by atoms with Crippen molar-refractivity contribution in [2.75, 3.05) is 34.8 Å². The number of rotatable bonds is 3. The second-order valence-corrected chi connectivity index (χ2v) is 8.17. The molecule has 2 aliphatic rings. The van der Waals surface area contributed by atoms with Gasteiger partial charge in [0.05, 0.1) is 11.5 Å². The second kappa shape index (κ2) is 6.16. The number of anilines is 2. The summed E-state index contributed by atoms with van der Waals surface area (Å²) in [4.78, 5) is 14.2. The number of carbonyl (C=O) groups excluding carboxylic acids is 1. The zero-order valence-corrected chi connectivity index (χ0v) is 13.2. The molecular weight excluding hydrogens is 302 g/mol. The van der Waals surface area contributed by atoms with Crippen LogP contribution in [0, 0.1) is 0 Å². The summed E-state index contributed by atoms with van der Waals surface area (Å²) in [6, 6.07) is 7.11. The standard InChI is InChI=1S/C15H21N3O3S/c19-15(17-13-7-10-22(20,21)11-13)16-12-3-5-14(6-4-12)18-8-1-2-9-18/h3-6,13H,1-2,7-11H2,(H2,16,17,19). The van der Waals surface area contributed by atoms with Gasteiger partial charge < -0.3 is 15.5 Å². The summed E-state index contributed by atoms with van der Waals surface area (Å²) in [7, 11) is -2.98. The number of hydrogen-bond acceptors (Lipinski definition) is 4. The minimum atomic E-state index is -2.98. The Balaban J connectivity index is 1.53. The number of hydrogen-bond donors (Lipinski definition) is 2. The van der Waals surface area contributed by atoms with Crippen LogP contribution in [0.25, 0.3) is 0 Å². The maximum atomic E-state index is 11.9. The summed E-state index contributed by atoms with van der Waals surface area (Å²) in [5.74, 6) is 0.191. The average Bonchev–Trinajstić information content (AvgIpc) is 3.09. The Morgan fingerprint density at radius 3 is 2.41 bits per heavy atom. The van der Waals surface area contributed by atoms with Crippen molar-refractivity contribution in [3.8, 4) is 0 Å². The Labute approximate surface area is 130 Å². The lowest BCUT2D eigenvalue weighted by Gasteiger charge is -2.18. The Bertz CT molecular complexity index is 637. The van der Waals surface area contributed by atoms with Crippen LogP contribution < -0.4 is 15.5 Å². The third-order valence-electron chi connectivity index (χ3n) is 4.16. The van der Waals surface area contributed by atoms with Crippen molar-refractivity contribution in [2.24, 2.45) is 0 Å². The van der Waals surface area contributed by atoms with E-state index in [0.29, 0.717) is 12.1 Å². The molecule has 3 rings (SSSR count). The quantitative estimate of drug-likeness (QED) is 0.885. The zero-order chi connectivity index (χ0) is 15.6. The van der Waals surface area contributed by atoms with Crippen LogP contribution in [0.1, 0.15) is 19.3 Å². The van der Waals surface area contributed by atoms with E-state index in [0.717, 1.165) is 13.1 Å². The molecule has 2 fully saturated rings. The molecule has 0 aromatic heterocycles. The summed E-state index contributed by atoms with van der Waals surface area (Å²) in [5, 5.41) is 5.46. The molecular formula is C15H21N3O3S. The van der Waals surface area contributed by atoms with Crippen molar-refractivity contribution in [3.63, 3.8) is 0 Å². The fourth-order valence-corrected chi connectivity index (χ4v) is 4.67. The van der Waals surface area contributed by atoms with Crippen LogP contribution >= 0.6 is 0 Å². The van der Waals surface area contributed by atoms with Crippen LogP contribution in [0.15, 0.2) is 24.3 Å². The van der Waals surface area contributed by atoms with E-state index in [9.17, 15) is 13.2 Å². The molecule has 0 spiro atoms. The minimum Gasteiger partial charge on any atom is -0.372 e. The lowest BCUT2D eigenvalue weighted by Crippen LogP contribution is -2.38. The molecule has 2 saturated heterocycles. The Hall–Kier alpha value is -1.76. The van der Waals surface area contributed by atoms with Crippen LogP contribution in [-0.4, -0.2) is 45.1 Å². The number of benzene rings is 1. The van der Waals surface area contributed by atoms with E-state index < -0.39 is 9.84 Å². The Morgan fingerprint density at radius 2 is 1.82 bits per heavy atom. The first-order chi connectivity index (χ1) is 10.5. The normalized spacial score (nSPS) is 23.5. The number of sulfone groups is 1. The molecule has 1 aromatic carbocycles. The van der Waals surface area contributed by atoms with Gasteiger partial charge >= 0.3 is 6.03 Å². The predicted molar refractivity (Wildman–Crippen MR) is 87.1 cm³/mol. The average molecular weight is 323 g/mol. The Morgan fingerprint density at radius 1 is 1.14 bits per heavy atom.